The Balaban J connectivity index is 1.46. The number of rotatable bonds is 10. The second-order valence-corrected chi connectivity index (χ2v) is 7.00. The fraction of sp³-hybridized carbons (Fsp3) is 0.211. The van der Waals surface area contributed by atoms with E-state index in [2.05, 4.69) is 22.1 Å². The molecular formula is C19H19ClN4O3S. The summed E-state index contributed by atoms with van der Waals surface area (Å²) in [5, 5.41) is 12.4. The van der Waals surface area contributed by atoms with Crippen LogP contribution in [0.15, 0.2) is 64.9 Å². The number of carbonyl (C=O) groups excluding carboxylic acids is 1. The van der Waals surface area contributed by atoms with Crippen molar-refractivity contribution < 1.29 is 13.9 Å². The predicted molar refractivity (Wildman–Crippen MR) is 109 cm³/mol. The van der Waals surface area contributed by atoms with Crippen molar-refractivity contribution in [3.8, 4) is 17.3 Å². The molecule has 9 heteroatoms. The van der Waals surface area contributed by atoms with E-state index in [1.165, 1.54) is 11.8 Å². The average Bonchev–Trinajstić information content (AvgIpc) is 3.35. The number of aromatic nitrogens is 3. The van der Waals surface area contributed by atoms with Gasteiger partial charge in [0.2, 0.25) is 11.7 Å². The molecule has 0 unspecified atom stereocenters. The Hall–Kier alpha value is -2.71. The van der Waals surface area contributed by atoms with Gasteiger partial charge in [0.15, 0.2) is 10.9 Å². The molecule has 0 aliphatic rings. The van der Waals surface area contributed by atoms with Gasteiger partial charge in [-0.2, -0.15) is 0 Å². The van der Waals surface area contributed by atoms with Gasteiger partial charge in [-0.1, -0.05) is 29.4 Å². The molecule has 0 fully saturated rings. The van der Waals surface area contributed by atoms with Crippen LogP contribution in [0.1, 0.15) is 0 Å². The molecule has 2 heterocycles. The predicted octanol–water partition coefficient (Wildman–Crippen LogP) is 3.66. The van der Waals surface area contributed by atoms with Gasteiger partial charge in [-0.3, -0.25) is 9.36 Å². The van der Waals surface area contributed by atoms with E-state index in [9.17, 15) is 4.79 Å². The maximum Gasteiger partial charge on any atom is 0.230 e. The molecule has 0 aliphatic carbocycles. The normalized spacial score (nSPS) is 10.6. The Morgan fingerprint density at radius 3 is 2.86 bits per heavy atom. The number of hydrogen-bond acceptors (Lipinski definition) is 6. The van der Waals surface area contributed by atoms with Crippen molar-refractivity contribution in [2.24, 2.45) is 0 Å². The Bertz CT molecular complexity index is 910. The van der Waals surface area contributed by atoms with Crippen LogP contribution in [-0.2, 0) is 11.3 Å². The summed E-state index contributed by atoms with van der Waals surface area (Å²) in [4.78, 5) is 12.1. The first-order valence-corrected chi connectivity index (χ1v) is 9.89. The number of hydrogen-bond donors (Lipinski definition) is 1. The first-order chi connectivity index (χ1) is 13.7. The molecule has 7 nitrogen and oxygen atoms in total. The van der Waals surface area contributed by atoms with E-state index in [1.807, 2.05) is 10.6 Å². The quantitative estimate of drug-likeness (QED) is 0.307. The van der Waals surface area contributed by atoms with Crippen LogP contribution in [0.25, 0.3) is 11.6 Å². The van der Waals surface area contributed by atoms with Crippen LogP contribution in [0, 0.1) is 0 Å². The molecule has 3 rings (SSSR count). The lowest BCUT2D eigenvalue weighted by Crippen LogP contribution is -2.29. The van der Waals surface area contributed by atoms with Crippen molar-refractivity contribution in [3.05, 3.63) is 60.3 Å². The van der Waals surface area contributed by atoms with Crippen LogP contribution in [0.2, 0.25) is 5.02 Å². The van der Waals surface area contributed by atoms with E-state index in [0.717, 1.165) is 0 Å². The van der Waals surface area contributed by atoms with E-state index in [0.29, 0.717) is 47.2 Å². The number of allylic oxidation sites excluding steroid dienone is 1. The molecule has 1 aromatic carbocycles. The lowest BCUT2D eigenvalue weighted by atomic mass is 10.3. The Labute approximate surface area is 171 Å². The third-order valence-corrected chi connectivity index (χ3v) is 4.83. The minimum Gasteiger partial charge on any atom is -0.492 e. The van der Waals surface area contributed by atoms with Gasteiger partial charge in [0, 0.05) is 11.6 Å². The van der Waals surface area contributed by atoms with Crippen molar-refractivity contribution >= 4 is 29.3 Å². The topological polar surface area (TPSA) is 82.2 Å². The van der Waals surface area contributed by atoms with Crippen LogP contribution in [-0.4, -0.2) is 39.6 Å². The lowest BCUT2D eigenvalue weighted by Gasteiger charge is -2.08. The number of ether oxygens (including phenoxy) is 1. The highest BCUT2D eigenvalue weighted by molar-refractivity contribution is 7.99. The van der Waals surface area contributed by atoms with E-state index in [1.54, 1.807) is 42.7 Å². The van der Waals surface area contributed by atoms with Crippen molar-refractivity contribution in [3.63, 3.8) is 0 Å². The van der Waals surface area contributed by atoms with Crippen molar-refractivity contribution in [1.82, 2.24) is 20.1 Å². The number of benzene rings is 1. The molecule has 0 saturated carbocycles. The number of nitrogens with one attached hydrogen (secondary N) is 1. The van der Waals surface area contributed by atoms with E-state index in [-0.39, 0.29) is 11.7 Å². The molecule has 1 amide bonds. The maximum atomic E-state index is 12.1. The Kier molecular flexibility index (Phi) is 7.16. The van der Waals surface area contributed by atoms with Crippen LogP contribution in [0.4, 0.5) is 0 Å². The first kappa shape index (κ1) is 20.0. The summed E-state index contributed by atoms with van der Waals surface area (Å²) in [5.41, 5.74) is 0. The second kappa shape index (κ2) is 10.0. The van der Waals surface area contributed by atoms with Crippen LogP contribution in [0.5, 0.6) is 5.75 Å². The SMILES string of the molecule is C=CCn1c(SCC(=O)NCCOc2ccc(Cl)cc2)nnc1-c1ccco1. The second-order valence-electron chi connectivity index (χ2n) is 5.62. The van der Waals surface area contributed by atoms with E-state index in [4.69, 9.17) is 20.8 Å². The Morgan fingerprint density at radius 1 is 1.32 bits per heavy atom. The molecule has 3 aromatic rings. The van der Waals surface area contributed by atoms with Crippen molar-refractivity contribution in [2.75, 3.05) is 18.9 Å². The summed E-state index contributed by atoms with van der Waals surface area (Å²) in [6, 6.07) is 10.7. The maximum absolute atomic E-state index is 12.1. The molecule has 0 bridgehead atoms. The monoisotopic (exact) mass is 418 g/mol. The third kappa shape index (κ3) is 5.40. The van der Waals surface area contributed by atoms with Gasteiger partial charge in [0.1, 0.15) is 12.4 Å². The van der Waals surface area contributed by atoms with Crippen molar-refractivity contribution in [2.45, 2.75) is 11.7 Å². The van der Waals surface area contributed by atoms with Gasteiger partial charge in [0.05, 0.1) is 18.6 Å². The standard InChI is InChI=1S/C19H19ClN4O3S/c1-2-10-24-18(16-4-3-11-27-16)22-23-19(24)28-13-17(25)21-9-12-26-15-7-5-14(20)6-8-15/h2-8,11H,1,9-10,12-13H2,(H,21,25). The fourth-order valence-corrected chi connectivity index (χ4v) is 3.25. The zero-order valence-electron chi connectivity index (χ0n) is 15.0. The summed E-state index contributed by atoms with van der Waals surface area (Å²) >= 11 is 7.13. The Morgan fingerprint density at radius 2 is 2.14 bits per heavy atom. The smallest absolute Gasteiger partial charge is 0.230 e. The van der Waals surface area contributed by atoms with Crippen LogP contribution in [0.3, 0.4) is 0 Å². The number of thioether (sulfide) groups is 1. The van der Waals surface area contributed by atoms with Gasteiger partial charge >= 0.3 is 0 Å². The molecule has 0 saturated heterocycles. The van der Waals surface area contributed by atoms with Gasteiger partial charge < -0.3 is 14.5 Å². The average molecular weight is 419 g/mol. The molecule has 28 heavy (non-hydrogen) atoms. The highest BCUT2D eigenvalue weighted by Crippen LogP contribution is 2.24. The van der Waals surface area contributed by atoms with Gasteiger partial charge in [-0.25, -0.2) is 0 Å². The summed E-state index contributed by atoms with van der Waals surface area (Å²) in [7, 11) is 0. The number of amides is 1. The molecule has 1 N–H and O–H groups in total. The largest absolute Gasteiger partial charge is 0.492 e. The fourth-order valence-electron chi connectivity index (χ4n) is 2.35. The summed E-state index contributed by atoms with van der Waals surface area (Å²) in [6.07, 6.45) is 3.32. The number of nitrogens with zero attached hydrogens (tertiary/aromatic N) is 3. The number of halogens is 1. The highest BCUT2D eigenvalue weighted by Gasteiger charge is 2.16. The molecule has 0 spiro atoms. The minimum absolute atomic E-state index is 0.114. The van der Waals surface area contributed by atoms with Crippen LogP contribution < -0.4 is 10.1 Å². The van der Waals surface area contributed by atoms with E-state index >= 15 is 0 Å². The zero-order chi connectivity index (χ0) is 19.8. The van der Waals surface area contributed by atoms with Gasteiger partial charge in [0.25, 0.3) is 0 Å². The summed E-state index contributed by atoms with van der Waals surface area (Å²) in [6.45, 7) is 5.04. The summed E-state index contributed by atoms with van der Waals surface area (Å²) < 4.78 is 12.8. The number of carbonyl (C=O) groups is 1. The van der Waals surface area contributed by atoms with E-state index < -0.39 is 0 Å². The molecule has 0 aliphatic heterocycles. The molecule has 146 valence electrons. The first-order valence-electron chi connectivity index (χ1n) is 8.53. The zero-order valence-corrected chi connectivity index (χ0v) is 16.6. The van der Waals surface area contributed by atoms with Crippen LogP contribution >= 0.6 is 23.4 Å². The molecular weight excluding hydrogens is 400 g/mol. The molecule has 2 aromatic heterocycles. The molecule has 0 atom stereocenters. The highest BCUT2D eigenvalue weighted by atomic mass is 35.5. The minimum atomic E-state index is -0.114. The van der Waals surface area contributed by atoms with Crippen molar-refractivity contribution in [1.29, 1.82) is 0 Å². The third-order valence-electron chi connectivity index (χ3n) is 3.61. The molecule has 0 radical (unpaired) electrons. The van der Waals surface area contributed by atoms with Gasteiger partial charge in [-0.15, -0.1) is 16.8 Å². The lowest BCUT2D eigenvalue weighted by molar-refractivity contribution is -0.118. The van der Waals surface area contributed by atoms with Gasteiger partial charge in [-0.05, 0) is 36.4 Å². The number of furan rings is 1. The summed E-state index contributed by atoms with van der Waals surface area (Å²) in [5.74, 6) is 2.02.